The van der Waals surface area contributed by atoms with Gasteiger partial charge < -0.3 is 10.4 Å². The molecular weight excluding hydrogens is 305 g/mol. The van der Waals surface area contributed by atoms with Crippen molar-refractivity contribution in [2.75, 3.05) is 0 Å². The van der Waals surface area contributed by atoms with Gasteiger partial charge in [0, 0.05) is 33.9 Å². The monoisotopic (exact) mass is 315 g/mol. The molecule has 0 bridgehead atoms. The number of phenols is 1. The standard InChI is InChI=1S/C12H11BrFNOS/c13-9-3-12(17-7-9)6-15-5-8-1-10(14)4-11(16)2-8/h1-4,7,15-16H,5-6H2. The second-order valence-electron chi connectivity index (χ2n) is 3.65. The second kappa shape index (κ2) is 5.62. The van der Waals surface area contributed by atoms with Crippen molar-refractivity contribution in [3.05, 3.63) is 50.4 Å². The van der Waals surface area contributed by atoms with Crippen molar-refractivity contribution in [3.8, 4) is 5.75 Å². The van der Waals surface area contributed by atoms with Crippen LogP contribution < -0.4 is 5.32 Å². The fourth-order valence-electron chi connectivity index (χ4n) is 1.51. The van der Waals surface area contributed by atoms with Crippen LogP contribution in [0.25, 0.3) is 0 Å². The summed E-state index contributed by atoms with van der Waals surface area (Å²) in [5.41, 5.74) is 0.734. The van der Waals surface area contributed by atoms with E-state index >= 15 is 0 Å². The molecule has 2 N–H and O–H groups in total. The van der Waals surface area contributed by atoms with E-state index in [1.54, 1.807) is 17.4 Å². The largest absolute Gasteiger partial charge is 0.508 e. The molecule has 17 heavy (non-hydrogen) atoms. The third-order valence-electron chi connectivity index (χ3n) is 2.19. The van der Waals surface area contributed by atoms with Crippen LogP contribution in [0, 0.1) is 5.82 Å². The molecule has 1 aromatic carbocycles. The molecule has 0 saturated heterocycles. The third-order valence-corrected chi connectivity index (χ3v) is 3.89. The average molecular weight is 316 g/mol. The summed E-state index contributed by atoms with van der Waals surface area (Å²) in [7, 11) is 0. The SMILES string of the molecule is Oc1cc(F)cc(CNCc2cc(Br)cs2)c1. The van der Waals surface area contributed by atoms with E-state index in [2.05, 4.69) is 21.2 Å². The van der Waals surface area contributed by atoms with E-state index in [-0.39, 0.29) is 5.75 Å². The minimum absolute atomic E-state index is 0.0410. The van der Waals surface area contributed by atoms with Crippen LogP contribution in [0.3, 0.4) is 0 Å². The van der Waals surface area contributed by atoms with Gasteiger partial charge in [-0.1, -0.05) is 0 Å². The average Bonchev–Trinajstić information content (AvgIpc) is 2.63. The minimum Gasteiger partial charge on any atom is -0.508 e. The Hall–Kier alpha value is -0.910. The van der Waals surface area contributed by atoms with Crippen molar-refractivity contribution in [3.63, 3.8) is 0 Å². The first-order valence-electron chi connectivity index (χ1n) is 5.05. The van der Waals surface area contributed by atoms with Crippen molar-refractivity contribution in [2.45, 2.75) is 13.1 Å². The van der Waals surface area contributed by atoms with Crippen LogP contribution in [0.15, 0.2) is 34.1 Å². The maximum Gasteiger partial charge on any atom is 0.127 e. The van der Waals surface area contributed by atoms with Gasteiger partial charge in [-0.2, -0.15) is 0 Å². The first-order valence-corrected chi connectivity index (χ1v) is 6.73. The van der Waals surface area contributed by atoms with E-state index in [1.807, 2.05) is 11.4 Å². The van der Waals surface area contributed by atoms with E-state index in [9.17, 15) is 9.50 Å². The summed E-state index contributed by atoms with van der Waals surface area (Å²) < 4.78 is 14.1. The van der Waals surface area contributed by atoms with Crippen LogP contribution in [0.2, 0.25) is 0 Å². The van der Waals surface area contributed by atoms with Gasteiger partial charge in [0.25, 0.3) is 0 Å². The zero-order valence-corrected chi connectivity index (χ0v) is 11.3. The molecule has 0 aliphatic rings. The van der Waals surface area contributed by atoms with E-state index in [1.165, 1.54) is 10.9 Å². The van der Waals surface area contributed by atoms with Crippen molar-refractivity contribution in [2.24, 2.45) is 0 Å². The summed E-state index contributed by atoms with van der Waals surface area (Å²) >= 11 is 5.05. The lowest BCUT2D eigenvalue weighted by molar-refractivity contribution is 0.467. The smallest absolute Gasteiger partial charge is 0.127 e. The van der Waals surface area contributed by atoms with Gasteiger partial charge in [-0.3, -0.25) is 0 Å². The first kappa shape index (κ1) is 12.5. The number of hydrogen-bond acceptors (Lipinski definition) is 3. The van der Waals surface area contributed by atoms with E-state index in [0.29, 0.717) is 6.54 Å². The third kappa shape index (κ3) is 3.80. The number of aromatic hydroxyl groups is 1. The number of benzene rings is 1. The van der Waals surface area contributed by atoms with Gasteiger partial charge in [0.2, 0.25) is 0 Å². The van der Waals surface area contributed by atoms with Crippen LogP contribution in [0.5, 0.6) is 5.75 Å². The van der Waals surface area contributed by atoms with E-state index in [0.717, 1.165) is 22.6 Å². The minimum atomic E-state index is -0.416. The Morgan fingerprint density at radius 2 is 2.06 bits per heavy atom. The molecule has 0 fully saturated rings. The first-order chi connectivity index (χ1) is 8.13. The number of phenolic OH excluding ortho intramolecular Hbond substituents is 1. The fourth-order valence-corrected chi connectivity index (χ4v) is 2.93. The number of rotatable bonds is 4. The lowest BCUT2D eigenvalue weighted by Crippen LogP contribution is -2.11. The molecule has 2 aromatic rings. The van der Waals surface area contributed by atoms with Gasteiger partial charge >= 0.3 is 0 Å². The topological polar surface area (TPSA) is 32.3 Å². The molecule has 2 nitrogen and oxygen atoms in total. The van der Waals surface area contributed by atoms with Gasteiger partial charge in [0.1, 0.15) is 11.6 Å². The van der Waals surface area contributed by atoms with Gasteiger partial charge in [-0.25, -0.2) is 4.39 Å². The molecule has 2 rings (SSSR count). The second-order valence-corrected chi connectivity index (χ2v) is 5.56. The number of hydrogen-bond donors (Lipinski definition) is 2. The van der Waals surface area contributed by atoms with E-state index < -0.39 is 5.82 Å². The maximum absolute atomic E-state index is 13.0. The lowest BCUT2D eigenvalue weighted by atomic mass is 10.2. The molecule has 0 aliphatic carbocycles. The Kier molecular flexibility index (Phi) is 4.15. The highest BCUT2D eigenvalue weighted by Crippen LogP contribution is 2.19. The Morgan fingerprint density at radius 3 is 2.71 bits per heavy atom. The lowest BCUT2D eigenvalue weighted by Gasteiger charge is -2.04. The number of nitrogens with one attached hydrogen (secondary N) is 1. The molecule has 5 heteroatoms. The summed E-state index contributed by atoms with van der Waals surface area (Å²) in [5.74, 6) is -0.457. The molecular formula is C12H11BrFNOS. The highest BCUT2D eigenvalue weighted by molar-refractivity contribution is 9.10. The molecule has 0 saturated carbocycles. The zero-order chi connectivity index (χ0) is 12.3. The van der Waals surface area contributed by atoms with Crippen LogP contribution in [0.4, 0.5) is 4.39 Å². The molecule has 0 spiro atoms. The molecule has 0 aliphatic heterocycles. The van der Waals surface area contributed by atoms with Gasteiger partial charge in [-0.15, -0.1) is 11.3 Å². The Bertz CT molecular complexity index is 495. The van der Waals surface area contributed by atoms with E-state index in [4.69, 9.17) is 0 Å². The summed E-state index contributed by atoms with van der Waals surface area (Å²) in [4.78, 5) is 1.21. The predicted octanol–water partition coefficient (Wildman–Crippen LogP) is 3.65. The highest BCUT2D eigenvalue weighted by atomic mass is 79.9. The molecule has 0 atom stereocenters. The molecule has 0 amide bonds. The van der Waals surface area contributed by atoms with Crippen LogP contribution in [0.1, 0.15) is 10.4 Å². The van der Waals surface area contributed by atoms with Crippen molar-refractivity contribution in [1.82, 2.24) is 5.32 Å². The van der Waals surface area contributed by atoms with Crippen molar-refractivity contribution >= 4 is 27.3 Å². The molecule has 0 radical (unpaired) electrons. The molecule has 0 unspecified atom stereocenters. The van der Waals surface area contributed by atoms with Crippen LogP contribution >= 0.6 is 27.3 Å². The van der Waals surface area contributed by atoms with Crippen molar-refractivity contribution in [1.29, 1.82) is 0 Å². The molecule has 1 aromatic heterocycles. The summed E-state index contributed by atoms with van der Waals surface area (Å²) in [6, 6.07) is 6.11. The van der Waals surface area contributed by atoms with Gasteiger partial charge in [-0.05, 0) is 39.7 Å². The normalized spacial score (nSPS) is 10.7. The summed E-state index contributed by atoms with van der Waals surface area (Å²) in [6.45, 7) is 1.26. The fraction of sp³-hybridized carbons (Fsp3) is 0.167. The maximum atomic E-state index is 13.0. The Labute approximate surface area is 111 Å². The van der Waals surface area contributed by atoms with Crippen LogP contribution in [-0.4, -0.2) is 5.11 Å². The Morgan fingerprint density at radius 1 is 1.24 bits per heavy atom. The Balaban J connectivity index is 1.89. The zero-order valence-electron chi connectivity index (χ0n) is 8.91. The quantitative estimate of drug-likeness (QED) is 0.902. The van der Waals surface area contributed by atoms with Gasteiger partial charge in [0.15, 0.2) is 0 Å². The van der Waals surface area contributed by atoms with Gasteiger partial charge in [0.05, 0.1) is 0 Å². The van der Waals surface area contributed by atoms with Crippen LogP contribution in [-0.2, 0) is 13.1 Å². The number of halogens is 2. The number of thiophene rings is 1. The summed E-state index contributed by atoms with van der Waals surface area (Å²) in [6.07, 6.45) is 0. The van der Waals surface area contributed by atoms with Crippen molar-refractivity contribution < 1.29 is 9.50 Å². The highest BCUT2D eigenvalue weighted by Gasteiger charge is 2.01. The predicted molar refractivity (Wildman–Crippen MR) is 70.6 cm³/mol. The molecule has 90 valence electrons. The summed E-state index contributed by atoms with van der Waals surface area (Å²) in [5, 5.41) is 14.5. The molecule has 1 heterocycles.